The molecule has 24 heavy (non-hydrogen) atoms. The first-order valence-electron chi connectivity index (χ1n) is 7.12. The average molecular weight is 364 g/mol. The number of alkyl halides is 1. The van der Waals surface area contributed by atoms with Crippen LogP contribution >= 0.6 is 22.9 Å². The first-order chi connectivity index (χ1) is 11.6. The predicted molar refractivity (Wildman–Crippen MR) is 94.9 cm³/mol. The van der Waals surface area contributed by atoms with Crippen molar-refractivity contribution >= 4 is 45.6 Å². The van der Waals surface area contributed by atoms with Gasteiger partial charge in [-0.15, -0.1) is 29.5 Å². The molecule has 0 saturated carbocycles. The highest BCUT2D eigenvalue weighted by Crippen LogP contribution is 2.36. The van der Waals surface area contributed by atoms with Crippen LogP contribution < -0.4 is 15.0 Å². The predicted octanol–water partition coefficient (Wildman–Crippen LogP) is 2.90. The molecule has 0 atom stereocenters. The monoisotopic (exact) mass is 363 g/mol. The Morgan fingerprint density at radius 1 is 1.54 bits per heavy atom. The van der Waals surface area contributed by atoms with Crippen LogP contribution in [0.4, 0.5) is 10.8 Å². The lowest BCUT2D eigenvalue weighted by molar-refractivity contribution is -0.121. The zero-order chi connectivity index (χ0) is 17.1. The lowest BCUT2D eigenvalue weighted by Gasteiger charge is -2.28. The largest absolute Gasteiger partial charge is 0.482 e. The SMILES string of the molecule is C=CCN1C(=O)COc2ccc(-c3csc(NC(=O)CCl)n3)cc21. The number of nitrogens with one attached hydrogen (secondary N) is 1. The Bertz CT molecular complexity index is 806. The molecule has 1 N–H and O–H groups in total. The zero-order valence-electron chi connectivity index (χ0n) is 12.6. The summed E-state index contributed by atoms with van der Waals surface area (Å²) in [5.74, 6) is 0.0992. The number of rotatable bonds is 5. The first kappa shape index (κ1) is 16.5. The highest BCUT2D eigenvalue weighted by molar-refractivity contribution is 7.14. The summed E-state index contributed by atoms with van der Waals surface area (Å²) in [6.07, 6.45) is 1.67. The van der Waals surface area contributed by atoms with E-state index in [1.54, 1.807) is 11.0 Å². The molecule has 2 amide bonds. The van der Waals surface area contributed by atoms with Crippen molar-refractivity contribution in [2.45, 2.75) is 0 Å². The second kappa shape index (κ2) is 7.02. The van der Waals surface area contributed by atoms with Gasteiger partial charge in [0.05, 0.1) is 11.4 Å². The summed E-state index contributed by atoms with van der Waals surface area (Å²) < 4.78 is 5.46. The highest BCUT2D eigenvalue weighted by atomic mass is 35.5. The fourth-order valence-electron chi connectivity index (χ4n) is 2.31. The molecule has 2 heterocycles. The third-order valence-corrected chi connectivity index (χ3v) is 4.38. The van der Waals surface area contributed by atoms with Crippen LogP contribution in [0.15, 0.2) is 36.2 Å². The third kappa shape index (κ3) is 3.27. The lowest BCUT2D eigenvalue weighted by atomic mass is 10.1. The van der Waals surface area contributed by atoms with E-state index < -0.39 is 0 Å². The molecule has 3 rings (SSSR count). The minimum absolute atomic E-state index is 0.0193. The van der Waals surface area contributed by atoms with E-state index in [0.717, 1.165) is 5.56 Å². The van der Waals surface area contributed by atoms with Gasteiger partial charge >= 0.3 is 0 Å². The van der Waals surface area contributed by atoms with E-state index >= 15 is 0 Å². The van der Waals surface area contributed by atoms with Gasteiger partial charge in [-0.25, -0.2) is 4.98 Å². The standard InChI is InChI=1S/C16H14ClN3O3S/c1-2-5-20-12-6-10(3-4-13(12)23-8-15(20)22)11-9-24-16(18-11)19-14(21)7-17/h2-4,6,9H,1,5,7-8H2,(H,18,19,21). The van der Waals surface area contributed by atoms with E-state index in [4.69, 9.17) is 16.3 Å². The molecule has 0 saturated heterocycles. The number of nitrogens with zero attached hydrogens (tertiary/aromatic N) is 2. The van der Waals surface area contributed by atoms with Crippen LogP contribution in [0.3, 0.4) is 0 Å². The zero-order valence-corrected chi connectivity index (χ0v) is 14.2. The summed E-state index contributed by atoms with van der Waals surface area (Å²) in [6, 6.07) is 5.52. The van der Waals surface area contributed by atoms with E-state index in [1.165, 1.54) is 11.3 Å². The molecule has 1 aliphatic rings. The Kier molecular flexibility index (Phi) is 4.82. The van der Waals surface area contributed by atoms with Gasteiger partial charge in [-0.05, 0) is 18.2 Å². The Labute approximate surface area is 147 Å². The van der Waals surface area contributed by atoms with Crippen molar-refractivity contribution in [2.24, 2.45) is 0 Å². The van der Waals surface area contributed by atoms with Crippen LogP contribution in [0.5, 0.6) is 5.75 Å². The Morgan fingerprint density at radius 2 is 2.38 bits per heavy atom. The molecule has 0 fully saturated rings. The van der Waals surface area contributed by atoms with Gasteiger partial charge in [0.2, 0.25) is 5.91 Å². The van der Waals surface area contributed by atoms with Crippen molar-refractivity contribution in [1.29, 1.82) is 0 Å². The molecule has 0 unspecified atom stereocenters. The maximum atomic E-state index is 12.0. The van der Waals surface area contributed by atoms with Gasteiger partial charge < -0.3 is 15.0 Å². The number of carbonyl (C=O) groups is 2. The minimum Gasteiger partial charge on any atom is -0.482 e. The van der Waals surface area contributed by atoms with Crippen LogP contribution in [0, 0.1) is 0 Å². The smallest absolute Gasteiger partial charge is 0.265 e. The summed E-state index contributed by atoms with van der Waals surface area (Å²) in [5, 5.41) is 4.92. The van der Waals surface area contributed by atoms with Crippen molar-refractivity contribution in [3.05, 3.63) is 36.2 Å². The van der Waals surface area contributed by atoms with Crippen LogP contribution in [0.1, 0.15) is 0 Å². The van der Waals surface area contributed by atoms with Gasteiger partial charge in [0.25, 0.3) is 5.91 Å². The van der Waals surface area contributed by atoms with Crippen LogP contribution in [-0.2, 0) is 9.59 Å². The molecule has 124 valence electrons. The summed E-state index contributed by atoms with van der Waals surface area (Å²) in [5.41, 5.74) is 2.20. The van der Waals surface area contributed by atoms with Crippen molar-refractivity contribution in [2.75, 3.05) is 29.2 Å². The van der Waals surface area contributed by atoms with Gasteiger partial charge in [0.15, 0.2) is 11.7 Å². The number of benzene rings is 1. The van der Waals surface area contributed by atoms with Gasteiger partial charge in [-0.2, -0.15) is 0 Å². The number of hydrogen-bond acceptors (Lipinski definition) is 5. The summed E-state index contributed by atoms with van der Waals surface area (Å²) in [4.78, 5) is 29.3. The molecule has 1 aliphatic heterocycles. The van der Waals surface area contributed by atoms with E-state index in [-0.39, 0.29) is 24.3 Å². The molecule has 6 nitrogen and oxygen atoms in total. The molecular weight excluding hydrogens is 350 g/mol. The fourth-order valence-corrected chi connectivity index (χ4v) is 3.11. The minimum atomic E-state index is -0.306. The van der Waals surface area contributed by atoms with E-state index in [9.17, 15) is 9.59 Å². The van der Waals surface area contributed by atoms with Crippen molar-refractivity contribution < 1.29 is 14.3 Å². The molecular formula is C16H14ClN3O3S. The maximum Gasteiger partial charge on any atom is 0.265 e. The van der Waals surface area contributed by atoms with Gasteiger partial charge in [-0.3, -0.25) is 9.59 Å². The molecule has 1 aromatic heterocycles. The summed E-state index contributed by atoms with van der Waals surface area (Å²) in [6.45, 7) is 4.11. The number of hydrogen-bond donors (Lipinski definition) is 1. The maximum absolute atomic E-state index is 12.0. The second-order valence-electron chi connectivity index (χ2n) is 4.98. The molecule has 0 spiro atoms. The first-order valence-corrected chi connectivity index (χ1v) is 8.53. The number of anilines is 2. The molecule has 0 bridgehead atoms. The van der Waals surface area contributed by atoms with Crippen molar-refractivity contribution in [1.82, 2.24) is 4.98 Å². The summed E-state index contributed by atoms with van der Waals surface area (Å²) >= 11 is 6.78. The number of aromatic nitrogens is 1. The molecule has 1 aromatic carbocycles. The second-order valence-corrected chi connectivity index (χ2v) is 6.11. The van der Waals surface area contributed by atoms with Crippen LogP contribution in [-0.4, -0.2) is 35.8 Å². The van der Waals surface area contributed by atoms with Crippen molar-refractivity contribution in [3.8, 4) is 17.0 Å². The number of amides is 2. The quantitative estimate of drug-likeness (QED) is 0.655. The number of halogens is 1. The van der Waals surface area contributed by atoms with Crippen LogP contribution in [0.25, 0.3) is 11.3 Å². The van der Waals surface area contributed by atoms with Crippen molar-refractivity contribution in [3.63, 3.8) is 0 Å². The molecule has 8 heteroatoms. The molecule has 2 aromatic rings. The third-order valence-electron chi connectivity index (χ3n) is 3.38. The molecule has 0 aliphatic carbocycles. The topological polar surface area (TPSA) is 71.5 Å². The molecule has 0 radical (unpaired) electrons. The fraction of sp³-hybridized carbons (Fsp3) is 0.188. The van der Waals surface area contributed by atoms with Gasteiger partial charge in [0, 0.05) is 17.5 Å². The highest BCUT2D eigenvalue weighted by Gasteiger charge is 2.25. The lowest BCUT2D eigenvalue weighted by Crippen LogP contribution is -2.38. The van der Waals surface area contributed by atoms with E-state index in [0.29, 0.717) is 28.8 Å². The number of thiazole rings is 1. The van der Waals surface area contributed by atoms with Gasteiger partial charge in [0.1, 0.15) is 11.6 Å². The Balaban J connectivity index is 1.92. The number of carbonyl (C=O) groups excluding carboxylic acids is 2. The van der Waals surface area contributed by atoms with Gasteiger partial charge in [-0.1, -0.05) is 6.08 Å². The van der Waals surface area contributed by atoms with Crippen LogP contribution in [0.2, 0.25) is 0 Å². The normalized spacial score (nSPS) is 13.2. The number of fused-ring (bicyclic) bond motifs is 1. The summed E-state index contributed by atoms with van der Waals surface area (Å²) in [7, 11) is 0. The Hall–Kier alpha value is -2.38. The van der Waals surface area contributed by atoms with E-state index in [2.05, 4.69) is 16.9 Å². The number of ether oxygens (including phenoxy) is 1. The average Bonchev–Trinajstić information content (AvgIpc) is 3.05. The van der Waals surface area contributed by atoms with E-state index in [1.807, 2.05) is 23.6 Å². The Morgan fingerprint density at radius 3 is 3.12 bits per heavy atom.